The Balaban J connectivity index is 2.66. The molecule has 0 aliphatic carbocycles. The number of rotatable bonds is 7. The molecule has 0 saturated heterocycles. The number of methoxy groups -OCH3 is 1. The maximum absolute atomic E-state index is 5.11. The first-order chi connectivity index (χ1) is 7.77. The first-order valence-electron chi connectivity index (χ1n) is 5.36. The fraction of sp³-hybridized carbons (Fsp3) is 0.385. The molecule has 0 heterocycles. The molecule has 3 heteroatoms. The van der Waals surface area contributed by atoms with E-state index >= 15 is 0 Å². The molecule has 1 rings (SSSR count). The topological polar surface area (TPSA) is 21.3 Å². The highest BCUT2D eigenvalue weighted by Gasteiger charge is 2.05. The highest BCUT2D eigenvalue weighted by atomic mass is 32.2. The minimum atomic E-state index is 0.315. The van der Waals surface area contributed by atoms with Crippen molar-refractivity contribution in [3.63, 3.8) is 0 Å². The summed E-state index contributed by atoms with van der Waals surface area (Å²) in [7, 11) is 1.72. The summed E-state index contributed by atoms with van der Waals surface area (Å²) in [6.07, 6.45) is 1.92. The Morgan fingerprint density at radius 3 is 2.94 bits per heavy atom. The highest BCUT2D eigenvalue weighted by molar-refractivity contribution is 7.99. The van der Waals surface area contributed by atoms with Crippen LogP contribution in [0.5, 0.6) is 0 Å². The monoisotopic (exact) mass is 237 g/mol. The predicted molar refractivity (Wildman–Crippen MR) is 72.3 cm³/mol. The first kappa shape index (κ1) is 13.1. The lowest BCUT2D eigenvalue weighted by molar-refractivity contribution is 0.190. The van der Waals surface area contributed by atoms with Gasteiger partial charge in [0.25, 0.3) is 0 Å². The van der Waals surface area contributed by atoms with E-state index < -0.39 is 0 Å². The summed E-state index contributed by atoms with van der Waals surface area (Å²) in [5.41, 5.74) is 1.17. The Morgan fingerprint density at radius 1 is 1.50 bits per heavy atom. The molecule has 2 nitrogen and oxygen atoms in total. The molecular formula is C13H19NOS. The SMILES string of the molecule is C=CCSc1ccccc1NC(C)COC. The van der Waals surface area contributed by atoms with Crippen LogP contribution in [-0.2, 0) is 4.74 Å². The Kier molecular flexibility index (Phi) is 6.04. The van der Waals surface area contributed by atoms with Crippen LogP contribution >= 0.6 is 11.8 Å². The largest absolute Gasteiger partial charge is 0.383 e. The third kappa shape index (κ3) is 4.29. The van der Waals surface area contributed by atoms with Crippen LogP contribution in [0.2, 0.25) is 0 Å². The van der Waals surface area contributed by atoms with Gasteiger partial charge in [0.15, 0.2) is 0 Å². The van der Waals surface area contributed by atoms with Crippen molar-refractivity contribution in [2.45, 2.75) is 17.9 Å². The third-order valence-electron chi connectivity index (χ3n) is 2.06. The summed E-state index contributed by atoms with van der Waals surface area (Å²) >= 11 is 1.79. The molecule has 0 aromatic heterocycles. The molecule has 1 aromatic carbocycles. The van der Waals surface area contributed by atoms with E-state index in [1.165, 1.54) is 10.6 Å². The fourth-order valence-electron chi connectivity index (χ4n) is 1.42. The van der Waals surface area contributed by atoms with E-state index in [1.807, 2.05) is 12.1 Å². The summed E-state index contributed by atoms with van der Waals surface area (Å²) in [4.78, 5) is 1.25. The summed E-state index contributed by atoms with van der Waals surface area (Å²) in [5.74, 6) is 0.928. The fourth-order valence-corrected chi connectivity index (χ4v) is 2.17. The molecule has 88 valence electrons. The summed E-state index contributed by atoms with van der Waals surface area (Å²) in [6.45, 7) is 6.55. The Bertz CT molecular complexity index is 327. The van der Waals surface area contributed by atoms with E-state index in [0.717, 1.165) is 5.75 Å². The van der Waals surface area contributed by atoms with Crippen LogP contribution in [0.15, 0.2) is 41.8 Å². The van der Waals surface area contributed by atoms with Crippen LogP contribution in [-0.4, -0.2) is 25.5 Å². The zero-order valence-electron chi connectivity index (χ0n) is 9.90. The molecule has 0 fully saturated rings. The van der Waals surface area contributed by atoms with Gasteiger partial charge in [0.2, 0.25) is 0 Å². The quantitative estimate of drug-likeness (QED) is 0.580. The van der Waals surface area contributed by atoms with Crippen molar-refractivity contribution in [2.75, 3.05) is 24.8 Å². The van der Waals surface area contributed by atoms with Crippen molar-refractivity contribution in [3.05, 3.63) is 36.9 Å². The van der Waals surface area contributed by atoms with Crippen molar-refractivity contribution in [1.29, 1.82) is 0 Å². The molecule has 16 heavy (non-hydrogen) atoms. The zero-order valence-corrected chi connectivity index (χ0v) is 10.7. The summed E-state index contributed by atoms with van der Waals surface area (Å²) in [5, 5.41) is 3.44. The maximum Gasteiger partial charge on any atom is 0.0661 e. The molecule has 1 N–H and O–H groups in total. The van der Waals surface area contributed by atoms with Crippen LogP contribution in [0.1, 0.15) is 6.92 Å². The van der Waals surface area contributed by atoms with E-state index in [2.05, 4.69) is 37.0 Å². The number of hydrogen-bond acceptors (Lipinski definition) is 3. The Morgan fingerprint density at radius 2 is 2.25 bits per heavy atom. The average Bonchev–Trinajstić information content (AvgIpc) is 2.28. The number of nitrogens with one attached hydrogen (secondary N) is 1. The standard InChI is InChI=1S/C13H19NOS/c1-4-9-16-13-8-6-5-7-12(13)14-11(2)10-15-3/h4-8,11,14H,1,9-10H2,2-3H3. The van der Waals surface area contributed by atoms with Crippen LogP contribution in [0.25, 0.3) is 0 Å². The molecule has 0 bridgehead atoms. The average molecular weight is 237 g/mol. The number of hydrogen-bond donors (Lipinski definition) is 1. The smallest absolute Gasteiger partial charge is 0.0661 e. The number of thioether (sulfide) groups is 1. The normalized spacial score (nSPS) is 12.1. The summed E-state index contributed by atoms with van der Waals surface area (Å²) in [6, 6.07) is 8.63. The van der Waals surface area contributed by atoms with E-state index in [4.69, 9.17) is 4.74 Å². The maximum atomic E-state index is 5.11. The van der Waals surface area contributed by atoms with E-state index in [1.54, 1.807) is 18.9 Å². The van der Waals surface area contributed by atoms with Gasteiger partial charge in [-0.25, -0.2) is 0 Å². The van der Waals surface area contributed by atoms with Crippen LogP contribution < -0.4 is 5.32 Å². The lowest BCUT2D eigenvalue weighted by Gasteiger charge is -2.16. The highest BCUT2D eigenvalue weighted by Crippen LogP contribution is 2.27. The second-order valence-electron chi connectivity index (χ2n) is 3.60. The van der Waals surface area contributed by atoms with Crippen molar-refractivity contribution in [3.8, 4) is 0 Å². The van der Waals surface area contributed by atoms with E-state index in [0.29, 0.717) is 12.6 Å². The third-order valence-corrected chi connectivity index (χ3v) is 3.13. The molecular weight excluding hydrogens is 218 g/mol. The van der Waals surface area contributed by atoms with Crippen molar-refractivity contribution in [1.82, 2.24) is 0 Å². The van der Waals surface area contributed by atoms with Crippen LogP contribution in [0.3, 0.4) is 0 Å². The van der Waals surface area contributed by atoms with Gasteiger partial charge in [-0.15, -0.1) is 18.3 Å². The van der Waals surface area contributed by atoms with Crippen molar-refractivity contribution < 1.29 is 4.74 Å². The molecule has 0 aliphatic rings. The second-order valence-corrected chi connectivity index (χ2v) is 4.66. The van der Waals surface area contributed by atoms with Gasteiger partial charge in [-0.05, 0) is 19.1 Å². The lowest BCUT2D eigenvalue weighted by Crippen LogP contribution is -2.21. The predicted octanol–water partition coefficient (Wildman–Crippen LogP) is 3.41. The molecule has 1 unspecified atom stereocenters. The van der Waals surface area contributed by atoms with Crippen LogP contribution in [0, 0.1) is 0 Å². The number of benzene rings is 1. The number of ether oxygens (including phenoxy) is 1. The minimum Gasteiger partial charge on any atom is -0.383 e. The van der Waals surface area contributed by atoms with Crippen molar-refractivity contribution in [2.24, 2.45) is 0 Å². The number of para-hydroxylation sites is 1. The summed E-state index contributed by atoms with van der Waals surface area (Å²) < 4.78 is 5.11. The zero-order chi connectivity index (χ0) is 11.8. The molecule has 0 aliphatic heterocycles. The molecule has 1 atom stereocenters. The van der Waals surface area contributed by atoms with Gasteiger partial charge < -0.3 is 10.1 Å². The Hall–Kier alpha value is -0.930. The van der Waals surface area contributed by atoms with Gasteiger partial charge in [0.05, 0.1) is 6.61 Å². The van der Waals surface area contributed by atoms with E-state index in [9.17, 15) is 0 Å². The molecule has 0 spiro atoms. The van der Waals surface area contributed by atoms with Gasteiger partial charge in [-0.2, -0.15) is 0 Å². The van der Waals surface area contributed by atoms with Gasteiger partial charge >= 0.3 is 0 Å². The van der Waals surface area contributed by atoms with Gasteiger partial charge in [-0.1, -0.05) is 18.2 Å². The second kappa shape index (κ2) is 7.36. The molecule has 0 saturated carbocycles. The van der Waals surface area contributed by atoms with E-state index in [-0.39, 0.29) is 0 Å². The van der Waals surface area contributed by atoms with Crippen molar-refractivity contribution >= 4 is 17.4 Å². The molecule has 0 amide bonds. The lowest BCUT2D eigenvalue weighted by atomic mass is 10.3. The van der Waals surface area contributed by atoms with Gasteiger partial charge in [0.1, 0.15) is 0 Å². The van der Waals surface area contributed by atoms with Crippen LogP contribution in [0.4, 0.5) is 5.69 Å². The minimum absolute atomic E-state index is 0.315. The van der Waals surface area contributed by atoms with Gasteiger partial charge in [0, 0.05) is 29.5 Å². The number of anilines is 1. The Labute approximate surface area is 102 Å². The molecule has 1 aromatic rings. The van der Waals surface area contributed by atoms with Gasteiger partial charge in [-0.3, -0.25) is 0 Å². The molecule has 0 radical (unpaired) electrons. The first-order valence-corrected chi connectivity index (χ1v) is 6.34.